The van der Waals surface area contributed by atoms with Gasteiger partial charge < -0.3 is 0 Å². The fraction of sp³-hybridized carbons (Fsp3) is 0. The van der Waals surface area contributed by atoms with Crippen molar-refractivity contribution in [1.82, 2.24) is 0 Å². The van der Waals surface area contributed by atoms with E-state index in [1.54, 1.807) is 0 Å². The van der Waals surface area contributed by atoms with Crippen molar-refractivity contribution in [1.29, 1.82) is 0 Å². The Labute approximate surface area is 197 Å². The highest BCUT2D eigenvalue weighted by Gasteiger charge is 2.41. The Hall–Kier alpha value is -1.97. The molecule has 0 N–H and O–H groups in total. The third-order valence-corrected chi connectivity index (χ3v) is 9.93. The van der Waals surface area contributed by atoms with Crippen LogP contribution in [0.25, 0.3) is 0 Å². The van der Waals surface area contributed by atoms with Crippen molar-refractivity contribution in [2.75, 3.05) is 3.71 Å². The zero-order valence-corrected chi connectivity index (χ0v) is 19.7. The summed E-state index contributed by atoms with van der Waals surface area (Å²) in [5, 5.41) is -0.744. The summed E-state index contributed by atoms with van der Waals surface area (Å²) in [5.74, 6) is -6.51. The molecule has 0 aliphatic heterocycles. The summed E-state index contributed by atoms with van der Waals surface area (Å²) in [6, 6.07) is 3.67. The first kappa shape index (κ1) is 24.7. The first-order valence-electron chi connectivity index (χ1n) is 8.12. The van der Waals surface area contributed by atoms with Crippen LogP contribution < -0.4 is 3.71 Å². The highest BCUT2D eigenvalue weighted by molar-refractivity contribution is 14.1. The Kier molecular flexibility index (Phi) is 6.75. The molecular weight excluding hydrogens is 616 g/mol. The van der Waals surface area contributed by atoms with E-state index in [4.69, 9.17) is 11.6 Å². The predicted octanol–water partition coefficient (Wildman–Crippen LogP) is 5.22. The molecule has 0 spiro atoms. The van der Waals surface area contributed by atoms with Gasteiger partial charge in [0.25, 0.3) is 20.0 Å². The van der Waals surface area contributed by atoms with Gasteiger partial charge in [-0.25, -0.2) is 22.0 Å². The van der Waals surface area contributed by atoms with Crippen LogP contribution in [0.5, 0.6) is 0 Å². The highest BCUT2D eigenvalue weighted by Crippen LogP contribution is 2.39. The number of sulfonamides is 2. The summed E-state index contributed by atoms with van der Waals surface area (Å²) in [4.78, 5) is -2.87. The van der Waals surface area contributed by atoms with Crippen molar-refractivity contribution in [3.8, 4) is 0 Å². The summed E-state index contributed by atoms with van der Waals surface area (Å²) in [6.45, 7) is 0. The van der Waals surface area contributed by atoms with Crippen LogP contribution in [0.1, 0.15) is 0 Å². The van der Waals surface area contributed by atoms with Crippen LogP contribution in [-0.2, 0) is 20.0 Å². The van der Waals surface area contributed by atoms with E-state index in [0.29, 0.717) is 36.4 Å². The van der Waals surface area contributed by atoms with Gasteiger partial charge in [-0.2, -0.15) is 20.5 Å². The number of rotatable bonds is 5. The molecule has 32 heavy (non-hydrogen) atoms. The second-order valence-electron chi connectivity index (χ2n) is 6.05. The predicted molar refractivity (Wildman–Crippen MR) is 114 cm³/mol. The quantitative estimate of drug-likeness (QED) is 0.222. The number of anilines is 1. The SMILES string of the molecule is O=S(=O)(c1cc(F)ccc1F)N(c1ccc(F)c(I)c1Cl)S(=O)(=O)c1cc(F)ccc1F. The molecule has 0 fully saturated rings. The van der Waals surface area contributed by atoms with Gasteiger partial charge in [-0.3, -0.25) is 0 Å². The summed E-state index contributed by atoms with van der Waals surface area (Å²) < 4.78 is 122. The standard InChI is InChI=1S/C18H8ClF5INO4S2/c19-17-14(6-5-13(24)18(17)25)26(31(27,28)15-7-9(20)1-3-11(15)22)32(29,30)16-8-10(21)2-4-12(16)23/h1-8H. The van der Waals surface area contributed by atoms with Crippen molar-refractivity contribution in [2.45, 2.75) is 9.79 Å². The van der Waals surface area contributed by atoms with Gasteiger partial charge in [0.2, 0.25) is 0 Å². The first-order valence-corrected chi connectivity index (χ1v) is 12.5. The van der Waals surface area contributed by atoms with Crippen LogP contribution in [0.2, 0.25) is 5.02 Å². The minimum atomic E-state index is -5.56. The van der Waals surface area contributed by atoms with Crippen LogP contribution >= 0.6 is 34.2 Å². The molecule has 0 aliphatic rings. The van der Waals surface area contributed by atoms with Crippen molar-refractivity contribution >= 4 is 59.9 Å². The van der Waals surface area contributed by atoms with Gasteiger partial charge in [0.1, 0.15) is 38.9 Å². The minimum Gasteiger partial charge on any atom is -0.207 e. The summed E-state index contributed by atoms with van der Waals surface area (Å²) in [7, 11) is -11.1. The Morgan fingerprint density at radius 3 is 1.53 bits per heavy atom. The van der Waals surface area contributed by atoms with Gasteiger partial charge in [-0.05, 0) is 71.1 Å². The maximum Gasteiger partial charge on any atom is 0.280 e. The summed E-state index contributed by atoms with van der Waals surface area (Å²) in [5.41, 5.74) is -0.926. The fourth-order valence-electron chi connectivity index (χ4n) is 2.57. The molecule has 0 heterocycles. The van der Waals surface area contributed by atoms with Gasteiger partial charge in [0.15, 0.2) is 0 Å². The molecule has 3 rings (SSSR count). The molecule has 170 valence electrons. The van der Waals surface area contributed by atoms with Gasteiger partial charge in [0, 0.05) is 0 Å². The molecule has 14 heteroatoms. The Bertz CT molecular complexity index is 1370. The lowest BCUT2D eigenvalue weighted by atomic mass is 10.3. The topological polar surface area (TPSA) is 71.5 Å². The van der Waals surface area contributed by atoms with Gasteiger partial charge in [-0.15, -0.1) is 0 Å². The third kappa shape index (κ3) is 4.30. The van der Waals surface area contributed by atoms with Gasteiger partial charge in [-0.1, -0.05) is 11.6 Å². The van der Waals surface area contributed by atoms with Gasteiger partial charge in [0.05, 0.1) is 14.3 Å². The Morgan fingerprint density at radius 1 is 0.688 bits per heavy atom. The van der Waals surface area contributed by atoms with E-state index < -0.39 is 76.9 Å². The molecule has 0 aromatic heterocycles. The zero-order valence-electron chi connectivity index (χ0n) is 15.2. The normalized spacial score (nSPS) is 12.1. The molecule has 5 nitrogen and oxygen atoms in total. The van der Waals surface area contributed by atoms with E-state index in [1.165, 1.54) is 22.6 Å². The summed E-state index contributed by atoms with van der Waals surface area (Å²) >= 11 is 7.31. The highest BCUT2D eigenvalue weighted by atomic mass is 127. The van der Waals surface area contributed by atoms with E-state index in [9.17, 15) is 38.8 Å². The fourth-order valence-corrected chi connectivity index (χ4v) is 7.21. The van der Waals surface area contributed by atoms with Crippen molar-refractivity contribution in [2.24, 2.45) is 0 Å². The molecule has 0 saturated carbocycles. The van der Waals surface area contributed by atoms with Crippen LogP contribution in [0.3, 0.4) is 0 Å². The molecule has 3 aromatic carbocycles. The van der Waals surface area contributed by atoms with E-state index in [2.05, 4.69) is 0 Å². The van der Waals surface area contributed by atoms with Crippen molar-refractivity contribution in [3.05, 3.63) is 86.2 Å². The smallest absolute Gasteiger partial charge is 0.207 e. The minimum absolute atomic E-state index is 0.192. The summed E-state index contributed by atoms with van der Waals surface area (Å²) in [6.07, 6.45) is 0. The largest absolute Gasteiger partial charge is 0.280 e. The first-order chi connectivity index (χ1) is 14.8. The molecule has 0 radical (unpaired) electrons. The number of benzene rings is 3. The van der Waals surface area contributed by atoms with E-state index >= 15 is 0 Å². The maximum absolute atomic E-state index is 14.3. The van der Waals surface area contributed by atoms with Crippen LogP contribution in [-0.4, -0.2) is 16.8 Å². The van der Waals surface area contributed by atoms with E-state index in [0.717, 1.165) is 0 Å². The lowest BCUT2D eigenvalue weighted by Crippen LogP contribution is -2.38. The molecule has 0 saturated heterocycles. The van der Waals surface area contributed by atoms with E-state index in [1.807, 2.05) is 0 Å². The molecule has 3 aromatic rings. The molecule has 0 aliphatic carbocycles. The zero-order chi connectivity index (χ0) is 24.0. The molecule has 0 amide bonds. The Morgan fingerprint density at radius 2 is 1.09 bits per heavy atom. The average Bonchev–Trinajstić information content (AvgIpc) is 2.71. The van der Waals surface area contributed by atoms with Gasteiger partial charge >= 0.3 is 0 Å². The van der Waals surface area contributed by atoms with Crippen LogP contribution in [0.4, 0.5) is 27.6 Å². The van der Waals surface area contributed by atoms with E-state index in [-0.39, 0.29) is 12.1 Å². The lowest BCUT2D eigenvalue weighted by Gasteiger charge is -2.25. The monoisotopic (exact) mass is 623 g/mol. The van der Waals surface area contributed by atoms with Crippen molar-refractivity contribution in [3.63, 3.8) is 0 Å². The second-order valence-corrected chi connectivity index (χ2v) is 11.2. The van der Waals surface area contributed by atoms with Crippen LogP contribution in [0.15, 0.2) is 58.3 Å². The number of halogens is 7. The maximum atomic E-state index is 14.3. The van der Waals surface area contributed by atoms with Crippen molar-refractivity contribution < 1.29 is 38.8 Å². The third-order valence-electron chi connectivity index (χ3n) is 3.99. The second kappa shape index (κ2) is 8.76. The molecular formula is C18H8ClF5INO4S2. The molecule has 0 atom stereocenters. The number of nitrogens with zero attached hydrogens (tertiary/aromatic N) is 1. The average molecular weight is 624 g/mol. The van der Waals surface area contributed by atoms with Crippen LogP contribution in [0, 0.1) is 32.7 Å². The number of hydrogen-bond donors (Lipinski definition) is 0. The Balaban J connectivity index is 2.44. The molecule has 0 bridgehead atoms. The number of hydrogen-bond acceptors (Lipinski definition) is 4. The lowest BCUT2D eigenvalue weighted by molar-refractivity contribution is 0.546. The molecule has 0 unspecified atom stereocenters.